The van der Waals surface area contributed by atoms with Crippen LogP contribution in [0.25, 0.3) is 0 Å². The Bertz CT molecular complexity index is 659. The standard InChI is InChI=1S/C16H11N/c1-11(10-17)16-14-8-4-2-6-12(14)13-7-3-5-9-15(13)16/h2-4,8-9,14H,5H2,1H3/b16-11-. The van der Waals surface area contributed by atoms with E-state index in [0.29, 0.717) is 0 Å². The highest BCUT2D eigenvalue weighted by atomic mass is 14.4. The molecule has 3 aliphatic rings. The second-order valence-electron chi connectivity index (χ2n) is 4.31. The number of hydrogen-bond donors (Lipinski definition) is 0. The topological polar surface area (TPSA) is 23.8 Å². The van der Waals surface area contributed by atoms with Crippen LogP contribution in [0.4, 0.5) is 0 Å². The zero-order chi connectivity index (χ0) is 11.8. The lowest BCUT2D eigenvalue weighted by Gasteiger charge is -2.09. The largest absolute Gasteiger partial charge is 0.193 e. The summed E-state index contributed by atoms with van der Waals surface area (Å²) in [5.41, 5.74) is 12.0. The van der Waals surface area contributed by atoms with E-state index in [9.17, 15) is 0 Å². The van der Waals surface area contributed by atoms with Crippen molar-refractivity contribution < 1.29 is 0 Å². The SMILES string of the molecule is C/C(C#N)=C1/C2=CCC=C=C2C2=C=CC=CC21. The first-order valence-electron chi connectivity index (χ1n) is 5.73. The third-order valence-electron chi connectivity index (χ3n) is 3.35. The highest BCUT2D eigenvalue weighted by Crippen LogP contribution is 2.47. The van der Waals surface area contributed by atoms with E-state index in [2.05, 4.69) is 29.7 Å². The first-order valence-corrected chi connectivity index (χ1v) is 5.73. The van der Waals surface area contributed by atoms with Crippen molar-refractivity contribution in [3.05, 3.63) is 69.7 Å². The fourth-order valence-corrected chi connectivity index (χ4v) is 2.61. The van der Waals surface area contributed by atoms with Gasteiger partial charge >= 0.3 is 0 Å². The Kier molecular flexibility index (Phi) is 2.13. The molecule has 0 aliphatic heterocycles. The van der Waals surface area contributed by atoms with E-state index in [4.69, 9.17) is 5.26 Å². The fourth-order valence-electron chi connectivity index (χ4n) is 2.61. The lowest BCUT2D eigenvalue weighted by atomic mass is 9.92. The van der Waals surface area contributed by atoms with Crippen LogP contribution in [0.2, 0.25) is 0 Å². The van der Waals surface area contributed by atoms with Gasteiger partial charge in [0, 0.05) is 22.6 Å². The van der Waals surface area contributed by atoms with Gasteiger partial charge in [-0.05, 0) is 36.6 Å². The van der Waals surface area contributed by atoms with Gasteiger partial charge in [0.1, 0.15) is 0 Å². The lowest BCUT2D eigenvalue weighted by Crippen LogP contribution is -1.99. The summed E-state index contributed by atoms with van der Waals surface area (Å²) in [7, 11) is 0. The first-order chi connectivity index (χ1) is 8.33. The van der Waals surface area contributed by atoms with Gasteiger partial charge in [0.2, 0.25) is 0 Å². The van der Waals surface area contributed by atoms with E-state index in [0.717, 1.165) is 28.7 Å². The van der Waals surface area contributed by atoms with Crippen LogP contribution in [0.3, 0.4) is 0 Å². The van der Waals surface area contributed by atoms with Crippen molar-refractivity contribution in [2.24, 2.45) is 5.92 Å². The monoisotopic (exact) mass is 217 g/mol. The molecule has 1 unspecified atom stereocenters. The molecule has 1 nitrogen and oxygen atoms in total. The average molecular weight is 217 g/mol. The van der Waals surface area contributed by atoms with Gasteiger partial charge in [0.05, 0.1) is 6.07 Å². The van der Waals surface area contributed by atoms with E-state index >= 15 is 0 Å². The van der Waals surface area contributed by atoms with E-state index in [1.165, 1.54) is 5.57 Å². The molecule has 3 aliphatic carbocycles. The van der Waals surface area contributed by atoms with Crippen LogP contribution in [-0.4, -0.2) is 0 Å². The van der Waals surface area contributed by atoms with E-state index in [1.807, 2.05) is 25.2 Å². The second-order valence-corrected chi connectivity index (χ2v) is 4.31. The number of fused-ring (bicyclic) bond motifs is 3. The summed E-state index contributed by atoms with van der Waals surface area (Å²) in [6.45, 7) is 1.89. The van der Waals surface area contributed by atoms with Gasteiger partial charge in [-0.3, -0.25) is 0 Å². The molecule has 0 radical (unpaired) electrons. The van der Waals surface area contributed by atoms with Crippen LogP contribution in [0.15, 0.2) is 69.7 Å². The zero-order valence-corrected chi connectivity index (χ0v) is 9.62. The van der Waals surface area contributed by atoms with Crippen LogP contribution in [0, 0.1) is 17.2 Å². The summed E-state index contributed by atoms with van der Waals surface area (Å²) < 4.78 is 0. The zero-order valence-electron chi connectivity index (χ0n) is 9.62. The lowest BCUT2D eigenvalue weighted by molar-refractivity contribution is 0.970. The van der Waals surface area contributed by atoms with Crippen molar-refractivity contribution in [3.8, 4) is 6.07 Å². The molecule has 1 fully saturated rings. The number of nitriles is 1. The maximum absolute atomic E-state index is 9.14. The van der Waals surface area contributed by atoms with Crippen LogP contribution >= 0.6 is 0 Å². The van der Waals surface area contributed by atoms with Crippen LogP contribution in [-0.2, 0) is 0 Å². The molecule has 0 N–H and O–H groups in total. The van der Waals surface area contributed by atoms with E-state index in [1.54, 1.807) is 0 Å². The minimum absolute atomic E-state index is 0.194. The Morgan fingerprint density at radius 2 is 2.35 bits per heavy atom. The molecule has 0 aromatic carbocycles. The summed E-state index contributed by atoms with van der Waals surface area (Å²) >= 11 is 0. The summed E-state index contributed by atoms with van der Waals surface area (Å²) in [5.74, 6) is 0.194. The molecular weight excluding hydrogens is 206 g/mol. The Morgan fingerprint density at radius 1 is 1.47 bits per heavy atom. The van der Waals surface area contributed by atoms with Gasteiger partial charge in [-0.1, -0.05) is 18.2 Å². The molecule has 1 heteroatoms. The van der Waals surface area contributed by atoms with Crippen LogP contribution in [0.5, 0.6) is 0 Å². The third kappa shape index (κ3) is 1.33. The molecule has 0 amide bonds. The van der Waals surface area contributed by atoms with Crippen molar-refractivity contribution in [1.82, 2.24) is 0 Å². The van der Waals surface area contributed by atoms with E-state index in [-0.39, 0.29) is 5.92 Å². The summed E-state index contributed by atoms with van der Waals surface area (Å²) in [4.78, 5) is 0. The molecule has 0 saturated heterocycles. The maximum Gasteiger partial charge on any atom is 0.0947 e. The summed E-state index contributed by atoms with van der Waals surface area (Å²) in [6.07, 6.45) is 11.2. The highest BCUT2D eigenvalue weighted by Gasteiger charge is 2.35. The number of nitrogens with zero attached hydrogens (tertiary/aromatic N) is 1. The van der Waals surface area contributed by atoms with Gasteiger partial charge in [-0.15, -0.1) is 11.5 Å². The predicted octanol–water partition coefficient (Wildman–Crippen LogP) is 3.52. The number of allylic oxidation sites excluding steroid dienone is 8. The minimum Gasteiger partial charge on any atom is -0.193 e. The minimum atomic E-state index is 0.194. The van der Waals surface area contributed by atoms with E-state index < -0.39 is 0 Å². The normalized spacial score (nSPS) is 26.6. The molecule has 0 aromatic rings. The molecule has 1 saturated carbocycles. The molecule has 0 aromatic heterocycles. The van der Waals surface area contributed by atoms with Crippen LogP contribution < -0.4 is 0 Å². The first kappa shape index (κ1) is 9.94. The van der Waals surface area contributed by atoms with Gasteiger partial charge in [0.25, 0.3) is 0 Å². The highest BCUT2D eigenvalue weighted by molar-refractivity contribution is 5.71. The molecule has 3 rings (SSSR count). The van der Waals surface area contributed by atoms with Crippen molar-refractivity contribution in [1.29, 1.82) is 5.26 Å². The van der Waals surface area contributed by atoms with Crippen molar-refractivity contribution >= 4 is 0 Å². The molecule has 0 bridgehead atoms. The predicted molar refractivity (Wildman–Crippen MR) is 66.8 cm³/mol. The van der Waals surface area contributed by atoms with Gasteiger partial charge < -0.3 is 0 Å². The quantitative estimate of drug-likeness (QED) is 0.450. The van der Waals surface area contributed by atoms with Gasteiger partial charge in [-0.25, -0.2) is 0 Å². The molecule has 0 spiro atoms. The Hall–Kier alpha value is -2.25. The van der Waals surface area contributed by atoms with Crippen LogP contribution in [0.1, 0.15) is 13.3 Å². The van der Waals surface area contributed by atoms with Crippen molar-refractivity contribution in [2.45, 2.75) is 13.3 Å². The number of hydrogen-bond acceptors (Lipinski definition) is 1. The molecule has 1 atom stereocenters. The van der Waals surface area contributed by atoms with Gasteiger partial charge in [-0.2, -0.15) is 5.26 Å². The number of rotatable bonds is 0. The summed E-state index contributed by atoms with van der Waals surface area (Å²) in [5, 5.41) is 9.14. The second kappa shape index (κ2) is 3.65. The van der Waals surface area contributed by atoms with Gasteiger partial charge in [0.15, 0.2) is 0 Å². The average Bonchev–Trinajstić information content (AvgIpc) is 2.72. The van der Waals surface area contributed by atoms with Crippen molar-refractivity contribution in [3.63, 3.8) is 0 Å². The smallest absolute Gasteiger partial charge is 0.0947 e. The molecule has 17 heavy (non-hydrogen) atoms. The maximum atomic E-state index is 9.14. The molecule has 0 heterocycles. The Labute approximate surface area is 101 Å². The summed E-state index contributed by atoms with van der Waals surface area (Å²) in [6, 6.07) is 2.28. The third-order valence-corrected chi connectivity index (χ3v) is 3.35. The Balaban J connectivity index is 2.35. The fraction of sp³-hybridized carbons (Fsp3) is 0.188. The molecule has 80 valence electrons. The van der Waals surface area contributed by atoms with Crippen molar-refractivity contribution in [2.75, 3.05) is 0 Å². The Morgan fingerprint density at radius 3 is 3.18 bits per heavy atom. The molecular formula is C16H11N.